The van der Waals surface area contributed by atoms with E-state index in [0.29, 0.717) is 28.3 Å². The van der Waals surface area contributed by atoms with Crippen LogP contribution in [0.5, 0.6) is 5.75 Å². The number of aromatic nitrogens is 1. The van der Waals surface area contributed by atoms with Crippen molar-refractivity contribution < 1.29 is 28.7 Å². The van der Waals surface area contributed by atoms with Crippen LogP contribution < -0.4 is 15.4 Å². The fourth-order valence-electron chi connectivity index (χ4n) is 3.53. The van der Waals surface area contributed by atoms with E-state index in [1.807, 2.05) is 0 Å². The molecule has 0 aliphatic carbocycles. The lowest BCUT2D eigenvalue weighted by molar-refractivity contribution is -0.119. The van der Waals surface area contributed by atoms with Gasteiger partial charge in [0.25, 0.3) is 11.8 Å². The van der Waals surface area contributed by atoms with Gasteiger partial charge in [-0.15, -0.1) is 0 Å². The number of carbonyl (C=O) groups is 4. The summed E-state index contributed by atoms with van der Waals surface area (Å²) in [5, 5.41) is 5.35. The minimum atomic E-state index is -0.756. The molecule has 2 aromatic carbocycles. The lowest BCUT2D eigenvalue weighted by atomic mass is 10.1. The van der Waals surface area contributed by atoms with E-state index in [-0.39, 0.29) is 22.7 Å². The lowest BCUT2D eigenvalue weighted by Gasteiger charge is -2.12. The fourth-order valence-corrected chi connectivity index (χ4v) is 3.53. The summed E-state index contributed by atoms with van der Waals surface area (Å²) in [4.78, 5) is 52.2. The molecule has 1 aromatic heterocycles. The molecule has 0 spiro atoms. The first kappa shape index (κ1) is 24.2. The van der Waals surface area contributed by atoms with Crippen LogP contribution in [-0.2, 0) is 9.53 Å². The van der Waals surface area contributed by atoms with Gasteiger partial charge < -0.3 is 25.1 Å². The van der Waals surface area contributed by atoms with E-state index in [1.54, 1.807) is 69.5 Å². The molecule has 0 saturated heterocycles. The van der Waals surface area contributed by atoms with Gasteiger partial charge in [-0.1, -0.05) is 12.1 Å². The van der Waals surface area contributed by atoms with Crippen molar-refractivity contribution in [2.24, 2.45) is 0 Å². The molecule has 0 atom stereocenters. The molecule has 3 rings (SSSR count). The van der Waals surface area contributed by atoms with Crippen LogP contribution in [0.2, 0.25) is 0 Å². The van der Waals surface area contributed by atoms with Gasteiger partial charge in [0.05, 0.1) is 18.4 Å². The zero-order valence-electron chi connectivity index (χ0n) is 19.3. The Hall–Kier alpha value is -4.40. The Morgan fingerprint density at radius 2 is 1.62 bits per heavy atom. The third-order valence-electron chi connectivity index (χ3n) is 5.12. The zero-order chi connectivity index (χ0) is 24.8. The number of aryl methyl sites for hydroxylation is 1. The van der Waals surface area contributed by atoms with Gasteiger partial charge in [0.15, 0.2) is 12.4 Å². The van der Waals surface area contributed by atoms with Gasteiger partial charge in [-0.2, -0.15) is 0 Å². The number of anilines is 2. The van der Waals surface area contributed by atoms with Crippen LogP contribution >= 0.6 is 0 Å². The minimum Gasteiger partial charge on any atom is -0.497 e. The maximum atomic E-state index is 12.7. The fraction of sp³-hybridized carbons (Fsp3) is 0.200. The van der Waals surface area contributed by atoms with Crippen molar-refractivity contribution in [3.05, 3.63) is 76.6 Å². The van der Waals surface area contributed by atoms with Crippen molar-refractivity contribution in [3.63, 3.8) is 0 Å². The van der Waals surface area contributed by atoms with Gasteiger partial charge in [0.1, 0.15) is 11.4 Å². The number of amides is 2. The maximum absolute atomic E-state index is 12.7. The molecule has 3 N–H and O–H groups in total. The number of carbonyl (C=O) groups excluding carboxylic acids is 4. The van der Waals surface area contributed by atoms with Crippen LogP contribution in [0.3, 0.4) is 0 Å². The largest absolute Gasteiger partial charge is 0.497 e. The van der Waals surface area contributed by atoms with Crippen molar-refractivity contribution in [2.45, 2.75) is 20.8 Å². The summed E-state index contributed by atoms with van der Waals surface area (Å²) in [7, 11) is 1.55. The Morgan fingerprint density at radius 1 is 0.941 bits per heavy atom. The van der Waals surface area contributed by atoms with E-state index < -0.39 is 24.4 Å². The van der Waals surface area contributed by atoms with Crippen molar-refractivity contribution >= 4 is 34.9 Å². The first-order valence-corrected chi connectivity index (χ1v) is 10.4. The molecule has 0 aliphatic rings. The van der Waals surface area contributed by atoms with E-state index in [9.17, 15) is 19.2 Å². The van der Waals surface area contributed by atoms with Crippen LogP contribution in [0.4, 0.5) is 11.4 Å². The first-order chi connectivity index (χ1) is 16.2. The maximum Gasteiger partial charge on any atom is 0.355 e. The second-order valence-electron chi connectivity index (χ2n) is 7.53. The number of rotatable bonds is 8. The number of hydrogen-bond acceptors (Lipinski definition) is 6. The molecule has 1 heterocycles. The highest BCUT2D eigenvalue weighted by Crippen LogP contribution is 2.21. The predicted molar refractivity (Wildman–Crippen MR) is 127 cm³/mol. The average molecular weight is 463 g/mol. The van der Waals surface area contributed by atoms with Crippen molar-refractivity contribution in [3.8, 4) is 5.75 Å². The van der Waals surface area contributed by atoms with Gasteiger partial charge in [0.2, 0.25) is 0 Å². The number of H-pyrrole nitrogens is 1. The molecule has 0 bridgehead atoms. The molecule has 0 unspecified atom stereocenters. The van der Waals surface area contributed by atoms with Crippen LogP contribution in [0.15, 0.2) is 48.5 Å². The third kappa shape index (κ3) is 5.50. The monoisotopic (exact) mass is 463 g/mol. The van der Waals surface area contributed by atoms with Gasteiger partial charge in [-0.25, -0.2) is 4.79 Å². The Balaban J connectivity index is 1.64. The summed E-state index contributed by atoms with van der Waals surface area (Å²) < 4.78 is 10.2. The molecular formula is C25H25N3O6. The van der Waals surface area contributed by atoms with Crippen molar-refractivity contribution in [2.75, 3.05) is 24.4 Å². The summed E-state index contributed by atoms with van der Waals surface area (Å²) in [5.74, 6) is -1.32. The molecule has 0 fully saturated rings. The number of nitrogens with one attached hydrogen (secondary N) is 3. The third-order valence-corrected chi connectivity index (χ3v) is 5.12. The molecule has 176 valence electrons. The Kier molecular flexibility index (Phi) is 7.47. The van der Waals surface area contributed by atoms with E-state index in [4.69, 9.17) is 9.47 Å². The summed E-state index contributed by atoms with van der Waals surface area (Å²) in [6.07, 6.45) is 0. The SMILES string of the molecule is COc1ccc(NC(=O)c2ccccc2NC(=O)COC(=O)c2[nH]c(C)c(C(C)=O)c2C)cc1. The van der Waals surface area contributed by atoms with Crippen LogP contribution in [0.1, 0.15) is 49.4 Å². The summed E-state index contributed by atoms with van der Waals surface area (Å²) in [5.41, 5.74) is 2.62. The molecule has 2 amide bonds. The number of aromatic amines is 1. The number of Topliss-reactive ketones (excluding diaryl/α,β-unsaturated/α-hetero) is 1. The average Bonchev–Trinajstić information content (AvgIpc) is 3.12. The number of benzene rings is 2. The Labute approximate surface area is 196 Å². The second kappa shape index (κ2) is 10.5. The van der Waals surface area contributed by atoms with E-state index >= 15 is 0 Å². The number of ketones is 1. The van der Waals surface area contributed by atoms with Crippen LogP contribution in [0.25, 0.3) is 0 Å². The summed E-state index contributed by atoms with van der Waals surface area (Å²) >= 11 is 0. The van der Waals surface area contributed by atoms with Crippen LogP contribution in [-0.4, -0.2) is 42.3 Å². The minimum absolute atomic E-state index is 0.120. The second-order valence-corrected chi connectivity index (χ2v) is 7.53. The van der Waals surface area contributed by atoms with Crippen LogP contribution in [0, 0.1) is 13.8 Å². The van der Waals surface area contributed by atoms with Crippen molar-refractivity contribution in [1.82, 2.24) is 4.98 Å². The lowest BCUT2D eigenvalue weighted by Crippen LogP contribution is -2.23. The number of hydrogen-bond donors (Lipinski definition) is 3. The molecule has 0 saturated carbocycles. The number of para-hydroxylation sites is 1. The Morgan fingerprint density at radius 3 is 2.24 bits per heavy atom. The molecule has 3 aromatic rings. The predicted octanol–water partition coefficient (Wildman–Crippen LogP) is 3.89. The highest BCUT2D eigenvalue weighted by Gasteiger charge is 2.22. The number of esters is 1. The molecular weight excluding hydrogens is 438 g/mol. The molecule has 0 aliphatic heterocycles. The van der Waals surface area contributed by atoms with Crippen molar-refractivity contribution in [1.29, 1.82) is 0 Å². The molecule has 0 radical (unpaired) electrons. The highest BCUT2D eigenvalue weighted by molar-refractivity contribution is 6.10. The molecule has 9 nitrogen and oxygen atoms in total. The van der Waals surface area contributed by atoms with Gasteiger partial charge in [-0.05, 0) is 62.7 Å². The molecule has 9 heteroatoms. The molecule has 34 heavy (non-hydrogen) atoms. The quantitative estimate of drug-likeness (QED) is 0.344. The summed E-state index contributed by atoms with van der Waals surface area (Å²) in [6, 6.07) is 13.3. The van der Waals surface area contributed by atoms with E-state index in [2.05, 4.69) is 15.6 Å². The zero-order valence-corrected chi connectivity index (χ0v) is 19.3. The summed E-state index contributed by atoms with van der Waals surface area (Å²) in [6.45, 7) is 4.16. The number of methoxy groups -OCH3 is 1. The van der Waals surface area contributed by atoms with Gasteiger partial charge in [0, 0.05) is 16.9 Å². The van der Waals surface area contributed by atoms with E-state index in [0.717, 1.165) is 0 Å². The topological polar surface area (TPSA) is 127 Å². The standard InChI is InChI=1S/C25H25N3O6/c1-14-22(16(3)29)15(2)26-23(14)25(32)34-13-21(30)28-20-8-6-5-7-19(20)24(31)27-17-9-11-18(33-4)12-10-17/h5-12,26H,13H2,1-4H3,(H,27,31)(H,28,30). The smallest absolute Gasteiger partial charge is 0.355 e. The highest BCUT2D eigenvalue weighted by atomic mass is 16.5. The Bertz CT molecular complexity index is 1240. The first-order valence-electron chi connectivity index (χ1n) is 10.4. The van der Waals surface area contributed by atoms with E-state index in [1.165, 1.54) is 6.92 Å². The number of ether oxygens (including phenoxy) is 2. The van der Waals surface area contributed by atoms with Gasteiger partial charge in [-0.3, -0.25) is 14.4 Å². The van der Waals surface area contributed by atoms with Gasteiger partial charge >= 0.3 is 5.97 Å². The normalized spacial score (nSPS) is 10.4.